The molecule has 0 bridgehead atoms. The molecule has 172 valence electrons. The van der Waals surface area contributed by atoms with Gasteiger partial charge < -0.3 is 9.47 Å². The second-order valence-electron chi connectivity index (χ2n) is 7.19. The highest BCUT2D eigenvalue weighted by Gasteiger charge is 2.35. The van der Waals surface area contributed by atoms with Gasteiger partial charge in [-0.15, -0.1) is 11.8 Å². The van der Waals surface area contributed by atoms with Crippen LogP contribution in [0.2, 0.25) is 15.1 Å². The number of hydrogen-bond donors (Lipinski definition) is 0. The van der Waals surface area contributed by atoms with Crippen molar-refractivity contribution in [3.8, 4) is 11.5 Å². The van der Waals surface area contributed by atoms with E-state index in [4.69, 9.17) is 44.3 Å². The van der Waals surface area contributed by atoms with Gasteiger partial charge in [0.1, 0.15) is 12.0 Å². The zero-order valence-electron chi connectivity index (χ0n) is 17.5. The number of ether oxygens (including phenoxy) is 2. The van der Waals surface area contributed by atoms with E-state index in [1.807, 2.05) is 37.3 Å². The van der Waals surface area contributed by atoms with E-state index >= 15 is 0 Å². The van der Waals surface area contributed by atoms with Gasteiger partial charge >= 0.3 is 0 Å². The zero-order chi connectivity index (χ0) is 23.5. The summed E-state index contributed by atoms with van der Waals surface area (Å²) in [5.74, 6) is 1.59. The fourth-order valence-electron chi connectivity index (χ4n) is 3.47. The molecule has 0 saturated carbocycles. The smallest absolute Gasteiger partial charge is 0.238 e. The van der Waals surface area contributed by atoms with Gasteiger partial charge in [0.15, 0.2) is 11.5 Å². The van der Waals surface area contributed by atoms with Crippen LogP contribution in [0.15, 0.2) is 59.1 Å². The number of carbonyl (C=O) groups excluding carboxylic acids is 1. The van der Waals surface area contributed by atoms with E-state index in [1.54, 1.807) is 40.9 Å². The van der Waals surface area contributed by atoms with Crippen molar-refractivity contribution in [2.75, 3.05) is 17.3 Å². The maximum absolute atomic E-state index is 12.7. The summed E-state index contributed by atoms with van der Waals surface area (Å²) in [5.41, 5.74) is 2.53. The van der Waals surface area contributed by atoms with E-state index in [0.717, 1.165) is 21.3 Å². The largest absolute Gasteiger partial charge is 0.490 e. The van der Waals surface area contributed by atoms with E-state index in [2.05, 4.69) is 15.9 Å². The van der Waals surface area contributed by atoms with Gasteiger partial charge in [-0.05, 0) is 76.9 Å². The monoisotopic (exact) mass is 585 g/mol. The topological polar surface area (TPSA) is 38.8 Å². The van der Waals surface area contributed by atoms with Crippen molar-refractivity contribution < 1.29 is 14.3 Å². The molecule has 1 saturated heterocycles. The van der Waals surface area contributed by atoms with Crippen LogP contribution in [0.1, 0.15) is 23.4 Å². The standard InChI is InChI=1S/C24H19BrCl3NO3S/c1-2-31-21-10-15(24-29(22(30)13-33-24)18-7-5-16(26)6-8-18)9-19(25)23(21)32-12-14-3-4-17(27)11-20(14)28/h3-11,24H,2,12-13H2,1H3/t24-/m1/s1. The van der Waals surface area contributed by atoms with Crippen LogP contribution in [0.3, 0.4) is 0 Å². The van der Waals surface area contributed by atoms with E-state index < -0.39 is 0 Å². The van der Waals surface area contributed by atoms with Crippen LogP contribution in [0, 0.1) is 0 Å². The Labute approximate surface area is 220 Å². The van der Waals surface area contributed by atoms with Gasteiger partial charge in [0.05, 0.1) is 16.8 Å². The molecule has 4 nitrogen and oxygen atoms in total. The van der Waals surface area contributed by atoms with Gasteiger partial charge in [-0.1, -0.05) is 40.9 Å². The van der Waals surface area contributed by atoms with Crippen LogP contribution < -0.4 is 14.4 Å². The first kappa shape index (κ1) is 24.6. The third-order valence-electron chi connectivity index (χ3n) is 4.98. The molecule has 0 radical (unpaired) electrons. The molecule has 4 rings (SSSR count). The van der Waals surface area contributed by atoms with Crippen LogP contribution in [0.4, 0.5) is 5.69 Å². The lowest BCUT2D eigenvalue weighted by Crippen LogP contribution is -2.27. The maximum atomic E-state index is 12.7. The number of halogens is 4. The van der Waals surface area contributed by atoms with Crippen molar-refractivity contribution in [2.45, 2.75) is 18.9 Å². The maximum Gasteiger partial charge on any atom is 0.238 e. The van der Waals surface area contributed by atoms with Crippen LogP contribution in [0.5, 0.6) is 11.5 Å². The summed E-state index contributed by atoms with van der Waals surface area (Å²) < 4.78 is 12.7. The molecule has 0 aromatic heterocycles. The Balaban J connectivity index is 1.64. The molecule has 0 spiro atoms. The Kier molecular flexibility index (Phi) is 8.03. The molecule has 0 aliphatic carbocycles. The molecule has 0 unspecified atom stereocenters. The molecule has 1 amide bonds. The lowest BCUT2D eigenvalue weighted by Gasteiger charge is -2.25. The minimum absolute atomic E-state index is 0.0408. The summed E-state index contributed by atoms with van der Waals surface area (Å²) in [6, 6.07) is 16.4. The molecular weight excluding hydrogens is 569 g/mol. The molecule has 1 aliphatic rings. The van der Waals surface area contributed by atoms with Crippen molar-refractivity contribution in [2.24, 2.45) is 0 Å². The minimum atomic E-state index is -0.200. The predicted molar refractivity (Wildman–Crippen MR) is 140 cm³/mol. The highest BCUT2D eigenvalue weighted by atomic mass is 79.9. The summed E-state index contributed by atoms with van der Waals surface area (Å²) in [6.07, 6.45) is 0. The fraction of sp³-hybridized carbons (Fsp3) is 0.208. The first-order chi connectivity index (χ1) is 15.9. The van der Waals surface area contributed by atoms with Crippen LogP contribution in [-0.2, 0) is 11.4 Å². The van der Waals surface area contributed by atoms with Gasteiger partial charge in [0.2, 0.25) is 5.91 Å². The molecule has 1 fully saturated rings. The molecule has 1 atom stereocenters. The fourth-order valence-corrected chi connectivity index (χ4v) is 5.79. The number of rotatable bonds is 7. The minimum Gasteiger partial charge on any atom is -0.490 e. The van der Waals surface area contributed by atoms with Crippen LogP contribution in [0.25, 0.3) is 0 Å². The van der Waals surface area contributed by atoms with E-state index in [1.165, 1.54) is 0 Å². The normalized spacial score (nSPS) is 15.7. The van der Waals surface area contributed by atoms with Crippen molar-refractivity contribution >= 4 is 74.1 Å². The summed E-state index contributed by atoms with van der Waals surface area (Å²) in [6.45, 7) is 2.63. The first-order valence-electron chi connectivity index (χ1n) is 10.1. The lowest BCUT2D eigenvalue weighted by molar-refractivity contribution is -0.115. The Bertz CT molecular complexity index is 1180. The highest BCUT2D eigenvalue weighted by Crippen LogP contribution is 2.46. The zero-order valence-corrected chi connectivity index (χ0v) is 22.2. The number of amides is 1. The van der Waals surface area contributed by atoms with Crippen molar-refractivity contribution in [1.82, 2.24) is 0 Å². The van der Waals surface area contributed by atoms with Gasteiger partial charge in [0.25, 0.3) is 0 Å². The van der Waals surface area contributed by atoms with Crippen molar-refractivity contribution in [3.05, 3.63) is 85.3 Å². The van der Waals surface area contributed by atoms with Crippen molar-refractivity contribution in [3.63, 3.8) is 0 Å². The number of anilines is 1. The third kappa shape index (κ3) is 5.57. The number of carbonyl (C=O) groups is 1. The van der Waals surface area contributed by atoms with E-state index in [-0.39, 0.29) is 17.9 Å². The lowest BCUT2D eigenvalue weighted by atomic mass is 10.1. The molecule has 3 aromatic carbocycles. The van der Waals surface area contributed by atoms with Crippen LogP contribution in [-0.4, -0.2) is 18.3 Å². The van der Waals surface area contributed by atoms with Gasteiger partial charge in [0, 0.05) is 26.3 Å². The molecule has 33 heavy (non-hydrogen) atoms. The average molecular weight is 588 g/mol. The molecule has 0 N–H and O–H groups in total. The van der Waals surface area contributed by atoms with E-state index in [9.17, 15) is 4.79 Å². The number of hydrogen-bond acceptors (Lipinski definition) is 4. The second-order valence-corrected chi connectivity index (χ2v) is 10.4. The molecule has 9 heteroatoms. The van der Waals surface area contributed by atoms with Crippen molar-refractivity contribution in [1.29, 1.82) is 0 Å². The quantitative estimate of drug-likeness (QED) is 0.280. The Morgan fingerprint density at radius 3 is 2.45 bits per heavy atom. The Morgan fingerprint density at radius 1 is 1.03 bits per heavy atom. The SMILES string of the molecule is CCOc1cc([C@H]2SCC(=O)N2c2ccc(Cl)cc2)cc(Br)c1OCc1ccc(Cl)cc1Cl. The molecule has 1 aliphatic heterocycles. The average Bonchev–Trinajstić information content (AvgIpc) is 3.16. The summed E-state index contributed by atoms with van der Waals surface area (Å²) in [7, 11) is 0. The summed E-state index contributed by atoms with van der Waals surface area (Å²) >= 11 is 23.5. The summed E-state index contributed by atoms with van der Waals surface area (Å²) in [4.78, 5) is 14.5. The number of thioether (sulfide) groups is 1. The second kappa shape index (κ2) is 10.8. The first-order valence-corrected chi connectivity index (χ1v) is 13.1. The summed E-state index contributed by atoms with van der Waals surface area (Å²) in [5, 5.41) is 1.53. The van der Waals surface area contributed by atoms with Gasteiger partial charge in [-0.3, -0.25) is 9.69 Å². The molecule has 3 aromatic rings. The third-order valence-corrected chi connectivity index (χ3v) is 7.62. The Morgan fingerprint density at radius 2 is 1.76 bits per heavy atom. The molecule has 1 heterocycles. The number of benzene rings is 3. The van der Waals surface area contributed by atoms with Gasteiger partial charge in [-0.25, -0.2) is 0 Å². The van der Waals surface area contributed by atoms with E-state index in [0.29, 0.717) is 38.9 Å². The molecular formula is C24H19BrCl3NO3S. The van der Waals surface area contributed by atoms with Gasteiger partial charge in [-0.2, -0.15) is 0 Å². The number of nitrogens with zero attached hydrogens (tertiary/aromatic N) is 1. The highest BCUT2D eigenvalue weighted by molar-refractivity contribution is 9.10. The Hall–Kier alpha value is -1.57. The predicted octanol–water partition coefficient (Wildman–Crippen LogP) is 8.17. The van der Waals surface area contributed by atoms with Crippen LogP contribution >= 0.6 is 62.5 Å².